The molecule has 152 valence electrons. The van der Waals surface area contributed by atoms with Gasteiger partial charge in [0, 0.05) is 42.5 Å². The number of morpholine rings is 1. The third-order valence-corrected chi connectivity index (χ3v) is 5.88. The highest BCUT2D eigenvalue weighted by molar-refractivity contribution is 7.99. The number of hydrogen-bond acceptors (Lipinski definition) is 5. The number of nitrogens with zero attached hydrogens (tertiary/aromatic N) is 3. The van der Waals surface area contributed by atoms with Crippen LogP contribution >= 0.6 is 23.4 Å². The number of halogens is 1. The Kier molecular flexibility index (Phi) is 7.75. The number of rotatable bonds is 6. The van der Waals surface area contributed by atoms with Crippen molar-refractivity contribution in [2.75, 3.05) is 40.4 Å². The summed E-state index contributed by atoms with van der Waals surface area (Å²) in [4.78, 5) is 15.2. The molecule has 3 rings (SSSR count). The summed E-state index contributed by atoms with van der Waals surface area (Å²) in [5.41, 5.74) is 1.65. The highest BCUT2D eigenvalue weighted by atomic mass is 35.5. The lowest BCUT2D eigenvalue weighted by molar-refractivity contribution is 0.0678. The molecule has 0 unspecified atom stereocenters. The number of aldehydes is 1. The smallest absolute Gasteiger partial charge is 0.151 e. The minimum Gasteiger partial charge on any atom is -0.378 e. The fourth-order valence-corrected chi connectivity index (χ4v) is 4.08. The monoisotopic (exact) mass is 429 g/mol. The molecule has 0 atom stereocenters. The van der Waals surface area contributed by atoms with Gasteiger partial charge in [-0.05, 0) is 29.8 Å². The van der Waals surface area contributed by atoms with E-state index in [2.05, 4.69) is 10.0 Å². The molecule has 0 aromatic heterocycles. The van der Waals surface area contributed by atoms with Gasteiger partial charge in [-0.1, -0.05) is 53.7 Å². The van der Waals surface area contributed by atoms with Crippen LogP contribution in [-0.4, -0.2) is 62.4 Å². The van der Waals surface area contributed by atoms with Crippen LogP contribution in [-0.2, 0) is 4.74 Å². The number of ether oxygens (including phenoxy) is 1. The van der Waals surface area contributed by atoms with Crippen LogP contribution in [0.1, 0.15) is 15.9 Å². The van der Waals surface area contributed by atoms with Crippen molar-refractivity contribution in [3.05, 3.63) is 64.7 Å². The van der Waals surface area contributed by atoms with Gasteiger partial charge in [-0.2, -0.15) is 5.10 Å². The second-order valence-electron chi connectivity index (χ2n) is 6.69. The molecule has 5 nitrogen and oxygen atoms in total. The Morgan fingerprint density at radius 2 is 1.93 bits per heavy atom. The van der Waals surface area contributed by atoms with E-state index < -0.39 is 0 Å². The van der Waals surface area contributed by atoms with Gasteiger partial charge in [0.25, 0.3) is 0 Å². The van der Waals surface area contributed by atoms with Crippen molar-refractivity contribution in [1.82, 2.24) is 9.91 Å². The molecule has 7 heteroatoms. The minimum absolute atomic E-state index is 0.648. The van der Waals surface area contributed by atoms with E-state index in [1.165, 1.54) is 11.8 Å². The van der Waals surface area contributed by atoms with Gasteiger partial charge in [-0.3, -0.25) is 4.79 Å². The van der Waals surface area contributed by atoms with Gasteiger partial charge in [0.2, 0.25) is 0 Å². The Labute approximate surface area is 181 Å². The van der Waals surface area contributed by atoms with Crippen molar-refractivity contribution >= 4 is 41.6 Å². The maximum absolute atomic E-state index is 11.2. The van der Waals surface area contributed by atoms with Crippen molar-refractivity contribution in [2.24, 2.45) is 5.10 Å². The van der Waals surface area contributed by atoms with E-state index in [1.807, 2.05) is 62.6 Å². The van der Waals surface area contributed by atoms with Crippen LogP contribution in [0.25, 0.3) is 6.08 Å². The molecule has 1 aliphatic rings. The van der Waals surface area contributed by atoms with E-state index in [0.717, 1.165) is 40.6 Å². The molecule has 0 aliphatic carbocycles. The molecule has 1 aliphatic heterocycles. The van der Waals surface area contributed by atoms with E-state index in [1.54, 1.807) is 11.1 Å². The zero-order chi connectivity index (χ0) is 20.6. The number of hydrazone groups is 1. The zero-order valence-corrected chi connectivity index (χ0v) is 18.1. The first kappa shape index (κ1) is 21.4. The molecule has 1 saturated heterocycles. The minimum atomic E-state index is 0.648. The second kappa shape index (κ2) is 10.5. The van der Waals surface area contributed by atoms with Gasteiger partial charge < -0.3 is 14.6 Å². The summed E-state index contributed by atoms with van der Waals surface area (Å²) in [5.74, 6) is 0.896. The first-order valence-electron chi connectivity index (χ1n) is 9.35. The lowest BCUT2D eigenvalue weighted by atomic mass is 10.2. The molecule has 2 aromatic carbocycles. The molecule has 1 fully saturated rings. The Morgan fingerprint density at radius 1 is 1.17 bits per heavy atom. The maximum atomic E-state index is 11.2. The predicted octanol–water partition coefficient (Wildman–Crippen LogP) is 4.52. The molecule has 0 bridgehead atoms. The number of benzene rings is 2. The second-order valence-corrected chi connectivity index (χ2v) is 8.18. The Bertz CT molecular complexity index is 909. The van der Waals surface area contributed by atoms with Crippen molar-refractivity contribution in [3.63, 3.8) is 0 Å². The fraction of sp³-hybridized carbons (Fsp3) is 0.273. The van der Waals surface area contributed by atoms with E-state index in [0.29, 0.717) is 23.8 Å². The first-order chi connectivity index (χ1) is 14.1. The number of amidine groups is 1. The lowest BCUT2D eigenvalue weighted by Crippen LogP contribution is -2.40. The number of carbonyl (C=O) groups excluding carboxylic acids is 1. The molecule has 1 heterocycles. The zero-order valence-electron chi connectivity index (χ0n) is 16.5. The molecule has 0 saturated carbocycles. The maximum Gasteiger partial charge on any atom is 0.151 e. The fourth-order valence-electron chi connectivity index (χ4n) is 2.86. The van der Waals surface area contributed by atoms with Gasteiger partial charge >= 0.3 is 0 Å². The topological polar surface area (TPSA) is 45.1 Å². The normalized spacial score (nSPS) is 15.0. The average Bonchev–Trinajstić information content (AvgIpc) is 2.73. The molecular formula is C22H24ClN3O2S. The summed E-state index contributed by atoms with van der Waals surface area (Å²) in [7, 11) is 3.82. The van der Waals surface area contributed by atoms with Crippen molar-refractivity contribution in [1.29, 1.82) is 0 Å². The van der Waals surface area contributed by atoms with E-state index >= 15 is 0 Å². The van der Waals surface area contributed by atoms with E-state index in [-0.39, 0.29) is 0 Å². The summed E-state index contributed by atoms with van der Waals surface area (Å²) in [6.45, 7) is 3.06. The van der Waals surface area contributed by atoms with Gasteiger partial charge in [-0.25, -0.2) is 0 Å². The average molecular weight is 430 g/mol. The molecule has 0 amide bonds. The van der Waals surface area contributed by atoms with Crippen LogP contribution in [0, 0.1) is 0 Å². The summed E-state index contributed by atoms with van der Waals surface area (Å²) < 4.78 is 5.44. The SMILES string of the molecule is CN(C)/N=C(/C=C/c1ccc(Sc2ccccc2C=O)c(Cl)c1)N1CCOCC1. The summed E-state index contributed by atoms with van der Waals surface area (Å²) in [6, 6.07) is 13.4. The molecule has 29 heavy (non-hydrogen) atoms. The molecule has 0 N–H and O–H groups in total. The van der Waals surface area contributed by atoms with Gasteiger partial charge in [0.15, 0.2) is 6.29 Å². The Hall–Kier alpha value is -2.28. The first-order valence-corrected chi connectivity index (χ1v) is 10.5. The quantitative estimate of drug-likeness (QED) is 0.292. The molecule has 0 radical (unpaired) electrons. The van der Waals surface area contributed by atoms with Crippen LogP contribution in [0.3, 0.4) is 0 Å². The van der Waals surface area contributed by atoms with Gasteiger partial charge in [0.1, 0.15) is 5.84 Å². The summed E-state index contributed by atoms with van der Waals surface area (Å²) >= 11 is 8.00. The largest absolute Gasteiger partial charge is 0.378 e. The third kappa shape index (κ3) is 6.10. The van der Waals surface area contributed by atoms with Crippen molar-refractivity contribution < 1.29 is 9.53 Å². The number of carbonyl (C=O) groups is 1. The Balaban J connectivity index is 1.77. The van der Waals surface area contributed by atoms with Gasteiger partial charge in [0.05, 0.1) is 18.2 Å². The van der Waals surface area contributed by atoms with Crippen LogP contribution in [0.5, 0.6) is 0 Å². The van der Waals surface area contributed by atoms with Crippen LogP contribution in [0.2, 0.25) is 5.02 Å². The molecule has 2 aromatic rings. The highest BCUT2D eigenvalue weighted by Crippen LogP contribution is 2.35. The standard InChI is InChI=1S/C22H24ClN3O2S/c1-25(2)24-22(26-11-13-28-14-12-26)10-8-17-7-9-21(19(23)15-17)29-20-6-4-3-5-18(20)16-27/h3-10,15-16H,11-14H2,1-2H3/b10-8+,24-22-. The van der Waals surface area contributed by atoms with Crippen LogP contribution in [0.4, 0.5) is 0 Å². The van der Waals surface area contributed by atoms with E-state index in [9.17, 15) is 4.79 Å². The third-order valence-electron chi connectivity index (χ3n) is 4.28. The summed E-state index contributed by atoms with van der Waals surface area (Å²) in [5, 5.41) is 7.04. The highest BCUT2D eigenvalue weighted by Gasteiger charge is 2.14. The van der Waals surface area contributed by atoms with Crippen molar-refractivity contribution in [2.45, 2.75) is 9.79 Å². The van der Waals surface area contributed by atoms with Gasteiger partial charge in [-0.15, -0.1) is 0 Å². The van der Waals surface area contributed by atoms with Crippen LogP contribution in [0.15, 0.2) is 63.4 Å². The molecular weight excluding hydrogens is 406 g/mol. The molecule has 0 spiro atoms. The number of hydrogen-bond donors (Lipinski definition) is 0. The Morgan fingerprint density at radius 3 is 2.62 bits per heavy atom. The van der Waals surface area contributed by atoms with E-state index in [4.69, 9.17) is 16.3 Å². The van der Waals surface area contributed by atoms with Crippen LogP contribution < -0.4 is 0 Å². The summed E-state index contributed by atoms with van der Waals surface area (Å²) in [6.07, 6.45) is 4.88. The lowest BCUT2D eigenvalue weighted by Gasteiger charge is -2.29. The van der Waals surface area contributed by atoms with Crippen molar-refractivity contribution in [3.8, 4) is 0 Å². The predicted molar refractivity (Wildman–Crippen MR) is 120 cm³/mol.